The van der Waals surface area contributed by atoms with Crippen LogP contribution in [-0.4, -0.2) is 22.9 Å². The number of benzene rings is 1. The van der Waals surface area contributed by atoms with Gasteiger partial charge in [0.05, 0.1) is 28.9 Å². The summed E-state index contributed by atoms with van der Waals surface area (Å²) in [6, 6.07) is 10.6. The van der Waals surface area contributed by atoms with Crippen molar-refractivity contribution in [2.75, 3.05) is 7.11 Å². The average molecular weight is 340 g/mol. The lowest BCUT2D eigenvalue weighted by atomic mass is 10.2. The second-order valence-electron chi connectivity index (χ2n) is 5.28. The van der Waals surface area contributed by atoms with Gasteiger partial charge in [-0.2, -0.15) is 0 Å². The van der Waals surface area contributed by atoms with Crippen molar-refractivity contribution in [3.63, 3.8) is 0 Å². The van der Waals surface area contributed by atoms with Crippen molar-refractivity contribution in [3.8, 4) is 5.69 Å². The number of carbonyl (C=O) groups excluding carboxylic acids is 1. The van der Waals surface area contributed by atoms with Crippen molar-refractivity contribution in [1.29, 1.82) is 0 Å². The molecule has 2 heterocycles. The van der Waals surface area contributed by atoms with Crippen molar-refractivity contribution in [1.82, 2.24) is 9.78 Å². The number of H-pyrrole nitrogens is 1. The Bertz CT molecular complexity index is 1060. The molecule has 3 rings (SSSR count). The van der Waals surface area contributed by atoms with E-state index in [1.54, 1.807) is 35.6 Å². The highest BCUT2D eigenvalue weighted by Crippen LogP contribution is 2.14. The maximum Gasteiger partial charge on any atom is 0.337 e. The minimum atomic E-state index is -0.416. The molecule has 0 unspecified atom stereocenters. The maximum atomic E-state index is 12.6. The molecule has 0 atom stereocenters. The summed E-state index contributed by atoms with van der Waals surface area (Å²) in [7, 11) is 1.33. The third-order valence-corrected chi connectivity index (χ3v) is 4.55. The SMILES string of the molecule is C=c1[nH]n(-c2ccc(C(=O)OC)cc2)c(=O)/c1=C\c1ccc(C)s1. The Kier molecular flexibility index (Phi) is 4.22. The van der Waals surface area contributed by atoms with Crippen LogP contribution < -0.4 is 16.1 Å². The summed E-state index contributed by atoms with van der Waals surface area (Å²) in [4.78, 5) is 26.3. The van der Waals surface area contributed by atoms with Gasteiger partial charge >= 0.3 is 5.97 Å². The lowest BCUT2D eigenvalue weighted by Gasteiger charge is -2.03. The van der Waals surface area contributed by atoms with E-state index >= 15 is 0 Å². The van der Waals surface area contributed by atoms with Crippen LogP contribution in [0.5, 0.6) is 0 Å². The molecule has 5 nitrogen and oxygen atoms in total. The normalized spacial score (nSPS) is 11.7. The predicted octanol–water partition coefficient (Wildman–Crippen LogP) is 1.56. The molecule has 1 N–H and O–H groups in total. The predicted molar refractivity (Wildman–Crippen MR) is 95.1 cm³/mol. The van der Waals surface area contributed by atoms with Crippen LogP contribution in [0.3, 0.4) is 0 Å². The molecule has 3 aromatic rings. The van der Waals surface area contributed by atoms with Crippen LogP contribution in [0.2, 0.25) is 0 Å². The standard InChI is InChI=1S/C18H16N2O3S/c1-11-4-9-15(24-11)10-16-12(2)19-20(17(16)21)14-7-5-13(6-8-14)18(22)23-3/h4-10,19H,2H2,1,3H3/b16-10-. The molecule has 0 radical (unpaired) electrons. The molecule has 0 aliphatic rings. The van der Waals surface area contributed by atoms with Crippen LogP contribution in [0.15, 0.2) is 41.2 Å². The number of aromatic nitrogens is 2. The monoisotopic (exact) mass is 340 g/mol. The number of hydrogen-bond donors (Lipinski definition) is 1. The minimum absolute atomic E-state index is 0.183. The van der Waals surface area contributed by atoms with E-state index in [1.165, 1.54) is 16.7 Å². The first-order valence-electron chi connectivity index (χ1n) is 7.26. The highest BCUT2D eigenvalue weighted by Gasteiger charge is 2.08. The number of hydrogen-bond acceptors (Lipinski definition) is 4. The number of thiophene rings is 1. The molecule has 0 fully saturated rings. The van der Waals surface area contributed by atoms with Gasteiger partial charge in [-0.25, -0.2) is 9.48 Å². The fourth-order valence-electron chi connectivity index (χ4n) is 2.36. The Morgan fingerprint density at radius 2 is 1.96 bits per heavy atom. The maximum absolute atomic E-state index is 12.6. The molecule has 0 amide bonds. The Morgan fingerprint density at radius 3 is 2.54 bits per heavy atom. The number of ether oxygens (including phenoxy) is 1. The van der Waals surface area contributed by atoms with E-state index in [-0.39, 0.29) is 5.56 Å². The van der Waals surface area contributed by atoms with Crippen LogP contribution in [0, 0.1) is 6.92 Å². The Morgan fingerprint density at radius 1 is 1.25 bits per heavy atom. The van der Waals surface area contributed by atoms with Crippen LogP contribution in [0.1, 0.15) is 20.1 Å². The fourth-order valence-corrected chi connectivity index (χ4v) is 3.18. The first-order valence-corrected chi connectivity index (χ1v) is 8.08. The fraction of sp³-hybridized carbons (Fsp3) is 0.111. The molecular weight excluding hydrogens is 324 g/mol. The zero-order valence-corrected chi connectivity index (χ0v) is 14.1. The summed E-state index contributed by atoms with van der Waals surface area (Å²) in [6.45, 7) is 5.93. The van der Waals surface area contributed by atoms with Crippen molar-refractivity contribution in [2.24, 2.45) is 0 Å². The van der Waals surface area contributed by atoms with Crippen LogP contribution in [-0.2, 0) is 4.74 Å². The van der Waals surface area contributed by atoms with Crippen molar-refractivity contribution in [3.05, 3.63) is 72.6 Å². The molecule has 0 spiro atoms. The highest BCUT2D eigenvalue weighted by molar-refractivity contribution is 7.12. The molecule has 1 aromatic carbocycles. The summed E-state index contributed by atoms with van der Waals surface area (Å²) in [5, 5.41) is 4.04. The third-order valence-electron chi connectivity index (χ3n) is 3.60. The van der Waals surface area contributed by atoms with E-state index < -0.39 is 5.97 Å². The summed E-state index contributed by atoms with van der Waals surface area (Å²) < 4.78 is 6.08. The first kappa shape index (κ1) is 16.0. The number of aromatic amines is 1. The molecule has 0 saturated carbocycles. The second-order valence-corrected chi connectivity index (χ2v) is 6.60. The number of rotatable bonds is 3. The number of aryl methyl sites for hydroxylation is 1. The van der Waals surface area contributed by atoms with E-state index in [9.17, 15) is 9.59 Å². The van der Waals surface area contributed by atoms with Gasteiger partial charge in [-0.3, -0.25) is 9.89 Å². The molecule has 0 aliphatic carbocycles. The van der Waals surface area contributed by atoms with Crippen LogP contribution >= 0.6 is 11.3 Å². The smallest absolute Gasteiger partial charge is 0.337 e. The van der Waals surface area contributed by atoms with Gasteiger partial charge in [-0.1, -0.05) is 6.58 Å². The van der Waals surface area contributed by atoms with Crippen molar-refractivity contribution in [2.45, 2.75) is 6.92 Å². The summed E-state index contributed by atoms with van der Waals surface area (Å²) in [5.74, 6) is -0.416. The quantitative estimate of drug-likeness (QED) is 0.736. The Balaban J connectivity index is 2.06. The lowest BCUT2D eigenvalue weighted by Crippen LogP contribution is -2.33. The Labute approximate surface area is 142 Å². The molecule has 2 aromatic heterocycles. The van der Waals surface area contributed by atoms with E-state index in [0.29, 0.717) is 21.8 Å². The second kappa shape index (κ2) is 6.33. The van der Waals surface area contributed by atoms with Gasteiger partial charge in [-0.05, 0) is 49.4 Å². The van der Waals surface area contributed by atoms with Gasteiger partial charge in [0, 0.05) is 9.75 Å². The zero-order valence-electron chi connectivity index (χ0n) is 13.3. The highest BCUT2D eigenvalue weighted by atomic mass is 32.1. The molecule has 0 saturated heterocycles. The summed E-state index contributed by atoms with van der Waals surface area (Å²) >= 11 is 1.62. The third kappa shape index (κ3) is 2.96. The van der Waals surface area contributed by atoms with E-state index in [2.05, 4.69) is 16.4 Å². The van der Waals surface area contributed by atoms with Gasteiger partial charge in [-0.15, -0.1) is 11.3 Å². The van der Waals surface area contributed by atoms with Crippen LogP contribution in [0.4, 0.5) is 0 Å². The van der Waals surface area contributed by atoms with Crippen molar-refractivity contribution >= 4 is 30.0 Å². The number of nitrogens with zero attached hydrogens (tertiary/aromatic N) is 1. The first-order chi connectivity index (χ1) is 11.5. The minimum Gasteiger partial charge on any atom is -0.465 e. The molecule has 6 heteroatoms. The number of methoxy groups -OCH3 is 1. The van der Waals surface area contributed by atoms with Gasteiger partial charge in [0.25, 0.3) is 5.56 Å². The molecule has 0 aliphatic heterocycles. The Hall–Kier alpha value is -2.86. The lowest BCUT2D eigenvalue weighted by molar-refractivity contribution is 0.0601. The number of esters is 1. The molecule has 24 heavy (non-hydrogen) atoms. The largest absolute Gasteiger partial charge is 0.465 e. The van der Waals surface area contributed by atoms with E-state index in [0.717, 1.165) is 4.88 Å². The number of carbonyl (C=O) groups is 1. The number of nitrogens with one attached hydrogen (secondary N) is 1. The van der Waals surface area contributed by atoms with E-state index in [1.807, 2.05) is 25.1 Å². The molecular formula is C18H16N2O3S. The summed E-state index contributed by atoms with van der Waals surface area (Å²) in [6.07, 6.45) is 1.83. The van der Waals surface area contributed by atoms with Crippen molar-refractivity contribution < 1.29 is 9.53 Å². The van der Waals surface area contributed by atoms with Gasteiger partial charge in [0.2, 0.25) is 0 Å². The van der Waals surface area contributed by atoms with Gasteiger partial charge < -0.3 is 4.74 Å². The van der Waals surface area contributed by atoms with Gasteiger partial charge in [0.15, 0.2) is 0 Å². The average Bonchev–Trinajstić information content (AvgIpc) is 3.12. The van der Waals surface area contributed by atoms with Crippen LogP contribution in [0.25, 0.3) is 18.3 Å². The molecule has 0 bridgehead atoms. The molecule has 122 valence electrons. The summed E-state index contributed by atoms with van der Waals surface area (Å²) in [5.41, 5.74) is 0.869. The van der Waals surface area contributed by atoms with Gasteiger partial charge in [0.1, 0.15) is 0 Å². The zero-order chi connectivity index (χ0) is 17.3. The topological polar surface area (TPSA) is 64.1 Å². The van der Waals surface area contributed by atoms with E-state index in [4.69, 9.17) is 0 Å².